The molecule has 2 unspecified atom stereocenters. The Morgan fingerprint density at radius 3 is 2.62 bits per heavy atom. The standard InChI is InChI=1S/C19H31NO/c1-2-3-4-5-6-7-8-13-18(21)19-17-12-10-9-11-16(17)14-15-20-19/h9-12,18-21H,2-8,13-15H2,1H3. The molecule has 21 heavy (non-hydrogen) atoms. The van der Waals surface area contributed by atoms with Crippen LogP contribution in [-0.4, -0.2) is 17.8 Å². The predicted octanol–water partition coefficient (Wildman–Crippen LogP) is 4.38. The molecule has 1 aliphatic rings. The first-order valence-corrected chi connectivity index (χ1v) is 8.82. The molecule has 0 amide bonds. The van der Waals surface area contributed by atoms with E-state index in [1.807, 2.05) is 0 Å². The third-order valence-corrected chi connectivity index (χ3v) is 4.64. The maximum Gasteiger partial charge on any atom is 0.0735 e. The van der Waals surface area contributed by atoms with Crippen LogP contribution in [0.25, 0.3) is 0 Å². The Kier molecular flexibility index (Phi) is 7.25. The van der Waals surface area contributed by atoms with Gasteiger partial charge in [-0.3, -0.25) is 0 Å². The molecule has 1 heterocycles. The summed E-state index contributed by atoms with van der Waals surface area (Å²) in [4.78, 5) is 0. The highest BCUT2D eigenvalue weighted by atomic mass is 16.3. The van der Waals surface area contributed by atoms with Crippen LogP contribution in [-0.2, 0) is 6.42 Å². The van der Waals surface area contributed by atoms with Crippen LogP contribution in [0, 0.1) is 0 Å². The van der Waals surface area contributed by atoms with Crippen molar-refractivity contribution in [1.29, 1.82) is 0 Å². The Balaban J connectivity index is 1.71. The Labute approximate surface area is 130 Å². The van der Waals surface area contributed by atoms with Crippen LogP contribution in [0.4, 0.5) is 0 Å². The molecule has 0 aliphatic carbocycles. The molecule has 2 heteroatoms. The fraction of sp³-hybridized carbons (Fsp3) is 0.684. The van der Waals surface area contributed by atoms with Crippen molar-refractivity contribution < 1.29 is 5.11 Å². The van der Waals surface area contributed by atoms with Gasteiger partial charge in [-0.05, 0) is 30.5 Å². The SMILES string of the molecule is CCCCCCCCCC(O)C1NCCc2ccccc21. The zero-order chi connectivity index (χ0) is 14.9. The molecule has 2 nitrogen and oxygen atoms in total. The minimum atomic E-state index is -0.248. The van der Waals surface area contributed by atoms with Gasteiger partial charge in [0.15, 0.2) is 0 Å². The number of hydrogen-bond donors (Lipinski definition) is 2. The summed E-state index contributed by atoms with van der Waals surface area (Å²) < 4.78 is 0. The van der Waals surface area contributed by atoms with E-state index in [0.29, 0.717) is 0 Å². The maximum absolute atomic E-state index is 10.5. The summed E-state index contributed by atoms with van der Waals surface area (Å²) in [5.74, 6) is 0. The van der Waals surface area contributed by atoms with Gasteiger partial charge in [0.25, 0.3) is 0 Å². The Morgan fingerprint density at radius 1 is 1.10 bits per heavy atom. The number of rotatable bonds is 9. The lowest BCUT2D eigenvalue weighted by Crippen LogP contribution is -2.37. The van der Waals surface area contributed by atoms with E-state index in [2.05, 4.69) is 36.5 Å². The van der Waals surface area contributed by atoms with Gasteiger partial charge in [-0.15, -0.1) is 0 Å². The lowest BCUT2D eigenvalue weighted by molar-refractivity contribution is 0.112. The van der Waals surface area contributed by atoms with E-state index in [1.165, 1.54) is 49.7 Å². The molecule has 1 aromatic carbocycles. The van der Waals surface area contributed by atoms with Crippen LogP contribution in [0.3, 0.4) is 0 Å². The summed E-state index contributed by atoms with van der Waals surface area (Å²) in [5.41, 5.74) is 2.71. The number of aliphatic hydroxyl groups is 1. The van der Waals surface area contributed by atoms with Gasteiger partial charge in [0.1, 0.15) is 0 Å². The Bertz CT molecular complexity index is 404. The van der Waals surface area contributed by atoms with Gasteiger partial charge in [0, 0.05) is 0 Å². The van der Waals surface area contributed by atoms with Gasteiger partial charge < -0.3 is 10.4 Å². The van der Waals surface area contributed by atoms with Crippen LogP contribution >= 0.6 is 0 Å². The second kappa shape index (κ2) is 9.22. The third-order valence-electron chi connectivity index (χ3n) is 4.64. The number of benzene rings is 1. The summed E-state index contributed by atoms with van der Waals surface area (Å²) in [6.07, 6.45) is 10.9. The monoisotopic (exact) mass is 289 g/mol. The van der Waals surface area contributed by atoms with Gasteiger partial charge in [-0.25, -0.2) is 0 Å². The highest BCUT2D eigenvalue weighted by Crippen LogP contribution is 2.27. The summed E-state index contributed by atoms with van der Waals surface area (Å²) in [6.45, 7) is 3.24. The van der Waals surface area contributed by atoms with Crippen molar-refractivity contribution in [1.82, 2.24) is 5.32 Å². The zero-order valence-electron chi connectivity index (χ0n) is 13.5. The number of unbranched alkanes of at least 4 members (excludes halogenated alkanes) is 6. The molecule has 0 spiro atoms. The van der Waals surface area contributed by atoms with Gasteiger partial charge >= 0.3 is 0 Å². The average molecular weight is 289 g/mol. The van der Waals surface area contributed by atoms with Gasteiger partial charge in [0.05, 0.1) is 12.1 Å². The maximum atomic E-state index is 10.5. The molecule has 118 valence electrons. The Hall–Kier alpha value is -0.860. The minimum Gasteiger partial charge on any atom is -0.391 e. The van der Waals surface area contributed by atoms with E-state index in [9.17, 15) is 5.11 Å². The normalized spacial score (nSPS) is 19.2. The number of fused-ring (bicyclic) bond motifs is 1. The smallest absolute Gasteiger partial charge is 0.0735 e. The lowest BCUT2D eigenvalue weighted by Gasteiger charge is -2.30. The van der Waals surface area contributed by atoms with Crippen LogP contribution in [0.1, 0.15) is 75.5 Å². The van der Waals surface area contributed by atoms with Crippen molar-refractivity contribution in [2.45, 2.75) is 76.9 Å². The molecule has 2 N–H and O–H groups in total. The molecule has 0 aromatic heterocycles. The summed E-state index contributed by atoms with van der Waals surface area (Å²) in [6, 6.07) is 8.68. The van der Waals surface area contributed by atoms with E-state index in [-0.39, 0.29) is 12.1 Å². The van der Waals surface area contributed by atoms with Crippen molar-refractivity contribution in [3.05, 3.63) is 35.4 Å². The summed E-state index contributed by atoms with van der Waals surface area (Å²) >= 11 is 0. The molecule has 1 aliphatic heterocycles. The van der Waals surface area contributed by atoms with Crippen molar-refractivity contribution in [2.75, 3.05) is 6.54 Å². The summed E-state index contributed by atoms with van der Waals surface area (Å²) in [7, 11) is 0. The Morgan fingerprint density at radius 2 is 1.81 bits per heavy atom. The van der Waals surface area contributed by atoms with E-state index in [0.717, 1.165) is 25.8 Å². The number of aliphatic hydroxyl groups excluding tert-OH is 1. The molecule has 2 atom stereocenters. The average Bonchev–Trinajstić information content (AvgIpc) is 2.53. The molecule has 0 fully saturated rings. The van der Waals surface area contributed by atoms with E-state index < -0.39 is 0 Å². The molecule has 0 radical (unpaired) electrons. The molecule has 1 aromatic rings. The number of hydrogen-bond acceptors (Lipinski definition) is 2. The fourth-order valence-corrected chi connectivity index (χ4v) is 3.36. The van der Waals surface area contributed by atoms with Crippen molar-refractivity contribution in [2.24, 2.45) is 0 Å². The first-order valence-electron chi connectivity index (χ1n) is 8.82. The molecular weight excluding hydrogens is 258 g/mol. The van der Waals surface area contributed by atoms with Crippen molar-refractivity contribution >= 4 is 0 Å². The van der Waals surface area contributed by atoms with Crippen LogP contribution in [0.5, 0.6) is 0 Å². The molecular formula is C19H31NO. The van der Waals surface area contributed by atoms with Crippen LogP contribution in [0.15, 0.2) is 24.3 Å². The van der Waals surface area contributed by atoms with E-state index in [4.69, 9.17) is 0 Å². The molecule has 0 saturated heterocycles. The second-order valence-electron chi connectivity index (χ2n) is 6.36. The van der Waals surface area contributed by atoms with Gasteiger partial charge in [0.2, 0.25) is 0 Å². The minimum absolute atomic E-state index is 0.134. The quantitative estimate of drug-likeness (QED) is 0.661. The fourth-order valence-electron chi connectivity index (χ4n) is 3.36. The summed E-state index contributed by atoms with van der Waals surface area (Å²) in [5, 5.41) is 14.0. The third kappa shape index (κ3) is 5.12. The molecule has 0 saturated carbocycles. The van der Waals surface area contributed by atoms with Crippen molar-refractivity contribution in [3.63, 3.8) is 0 Å². The van der Waals surface area contributed by atoms with Gasteiger partial charge in [-0.1, -0.05) is 76.1 Å². The molecule has 0 bridgehead atoms. The highest BCUT2D eigenvalue weighted by molar-refractivity contribution is 5.33. The first kappa shape index (κ1) is 16.5. The highest BCUT2D eigenvalue weighted by Gasteiger charge is 2.25. The van der Waals surface area contributed by atoms with E-state index in [1.54, 1.807) is 0 Å². The molecule has 2 rings (SSSR count). The topological polar surface area (TPSA) is 32.3 Å². The second-order valence-corrected chi connectivity index (χ2v) is 6.36. The van der Waals surface area contributed by atoms with Crippen molar-refractivity contribution in [3.8, 4) is 0 Å². The van der Waals surface area contributed by atoms with E-state index >= 15 is 0 Å². The van der Waals surface area contributed by atoms with Crippen LogP contribution in [0.2, 0.25) is 0 Å². The largest absolute Gasteiger partial charge is 0.391 e. The number of nitrogens with one attached hydrogen (secondary N) is 1. The zero-order valence-corrected chi connectivity index (χ0v) is 13.5. The van der Waals surface area contributed by atoms with Crippen LogP contribution < -0.4 is 5.32 Å². The van der Waals surface area contributed by atoms with Gasteiger partial charge in [-0.2, -0.15) is 0 Å². The first-order chi connectivity index (χ1) is 10.3. The lowest BCUT2D eigenvalue weighted by atomic mass is 9.89. The predicted molar refractivity (Wildman–Crippen MR) is 89.5 cm³/mol.